The molecule has 0 aromatic heterocycles. The van der Waals surface area contributed by atoms with Gasteiger partial charge in [0, 0.05) is 36.2 Å². The van der Waals surface area contributed by atoms with Gasteiger partial charge in [0.05, 0.1) is 25.2 Å². The predicted octanol–water partition coefficient (Wildman–Crippen LogP) is 9.95. The van der Waals surface area contributed by atoms with Crippen LogP contribution in [-0.2, 0) is 14.3 Å². The first-order valence-electron chi connectivity index (χ1n) is 17.9. The number of amides is 1. The van der Waals surface area contributed by atoms with E-state index in [1.807, 2.05) is 45.9 Å². The van der Waals surface area contributed by atoms with Gasteiger partial charge in [0.1, 0.15) is 24.2 Å². The molecule has 0 spiro atoms. The summed E-state index contributed by atoms with van der Waals surface area (Å²) in [4.78, 5) is 14.4. The van der Waals surface area contributed by atoms with Crippen LogP contribution in [0.2, 0.25) is 0 Å². The summed E-state index contributed by atoms with van der Waals surface area (Å²) in [6.45, 7) is 13.3. The second-order valence-electron chi connectivity index (χ2n) is 11.9. The molecule has 3 rings (SSSR count). The number of hydrogen-bond donors (Lipinski definition) is 2. The number of hydrazine groups is 1. The Morgan fingerprint density at radius 1 is 1.14 bits per heavy atom. The second-order valence-corrected chi connectivity index (χ2v) is 11.9. The quantitative estimate of drug-likeness (QED) is 0.0730. The molecule has 1 amide bonds. The van der Waals surface area contributed by atoms with Crippen molar-refractivity contribution in [2.45, 2.75) is 118 Å². The number of fused-ring (bicyclic) bond motifs is 1. The lowest BCUT2D eigenvalue weighted by atomic mass is 9.96. The molecule has 0 saturated carbocycles. The Morgan fingerprint density at radius 2 is 1.82 bits per heavy atom. The molecule has 0 aromatic carbocycles. The van der Waals surface area contributed by atoms with Gasteiger partial charge in [-0.05, 0) is 69.2 Å². The van der Waals surface area contributed by atoms with Crippen LogP contribution in [0.5, 0.6) is 0 Å². The topological polar surface area (TPSA) is 94.1 Å². The molecule has 282 valence electrons. The lowest BCUT2D eigenvalue weighted by Gasteiger charge is -2.34. The molecule has 2 unspecified atom stereocenters. The van der Waals surface area contributed by atoms with E-state index in [-0.39, 0.29) is 48.6 Å². The molecule has 7 nitrogen and oxygen atoms in total. The van der Waals surface area contributed by atoms with E-state index < -0.39 is 30.5 Å². The summed E-state index contributed by atoms with van der Waals surface area (Å²) in [6, 6.07) is -1.13. The Bertz CT molecular complexity index is 1340. The second kappa shape index (κ2) is 22.9. The fraction of sp³-hybridized carbons (Fsp3) is 0.564. The maximum Gasteiger partial charge on any atom is 0.406 e. The molecule has 0 bridgehead atoms. The number of carbonyl (C=O) groups is 1. The zero-order valence-corrected chi connectivity index (χ0v) is 31.3. The number of methoxy groups -OCH3 is 1. The van der Waals surface area contributed by atoms with Gasteiger partial charge in [0.25, 0.3) is 5.91 Å². The van der Waals surface area contributed by atoms with E-state index >= 15 is 0 Å². The number of alkyl halides is 3. The van der Waals surface area contributed by atoms with Gasteiger partial charge in [-0.25, -0.2) is 10.2 Å². The maximum absolute atomic E-state index is 14.8. The molecule has 0 radical (unpaired) electrons. The molecular formula is C39H60F4N4O3. The zero-order valence-electron chi connectivity index (χ0n) is 31.3. The van der Waals surface area contributed by atoms with E-state index in [9.17, 15) is 22.4 Å². The summed E-state index contributed by atoms with van der Waals surface area (Å²) >= 11 is 0. The summed E-state index contributed by atoms with van der Waals surface area (Å²) in [7, 11) is 1.57. The van der Waals surface area contributed by atoms with Crippen molar-refractivity contribution in [2.24, 2.45) is 17.5 Å². The third-order valence-electron chi connectivity index (χ3n) is 8.01. The van der Waals surface area contributed by atoms with Crippen molar-refractivity contribution in [1.29, 1.82) is 0 Å². The number of carbonyl (C=O) groups excluding carboxylic acids is 1. The van der Waals surface area contributed by atoms with Gasteiger partial charge in [-0.1, -0.05) is 77.8 Å². The Labute approximate surface area is 297 Å². The van der Waals surface area contributed by atoms with Gasteiger partial charge < -0.3 is 25.1 Å². The molecule has 4 N–H and O–H groups in total. The number of halogens is 4. The SMILES string of the molecule is C/C=C(\C/C=C\C(C)C1=CCC=C(/C(N)=C/N(N)C2CCCCC3=C(F)CCC=C3N(CC(F)(F)F)C2=O)C=C1OC)OCC.CC.CCC. The Balaban J connectivity index is 0.00000237. The highest BCUT2D eigenvalue weighted by Gasteiger charge is 2.40. The number of nitrogens with two attached hydrogens (primary N) is 2. The van der Waals surface area contributed by atoms with E-state index in [4.69, 9.17) is 21.1 Å². The standard InChI is InChI=1S/C34H46F4N4O3.C3H8.C2H6/c1-5-25(45-6-2)14-9-12-23(3)26-16-10-13-24(20-32(26)44-4)29(39)21-42(40)31-18-8-7-15-27-28(35)17-11-19-30(27)41(33(31)43)22-34(36,37)38;1-3-2;1-2/h5,9,12-13,16,19-21,23,31H,6-8,10-11,14-15,17-18,22,39-40H2,1-4H3;3H2,1-2H3;1-2H3/b12-9-,25-5+,29-21-;;. The highest BCUT2D eigenvalue weighted by molar-refractivity contribution is 5.84. The van der Waals surface area contributed by atoms with E-state index in [1.165, 1.54) is 18.7 Å². The number of nitrogens with zero attached hydrogens (tertiary/aromatic N) is 2. The molecule has 2 atom stereocenters. The lowest BCUT2D eigenvalue weighted by Crippen LogP contribution is -2.51. The van der Waals surface area contributed by atoms with Gasteiger partial charge in [-0.3, -0.25) is 4.79 Å². The molecule has 1 fully saturated rings. The Kier molecular flexibility index (Phi) is 20.3. The van der Waals surface area contributed by atoms with Crippen LogP contribution in [0.15, 0.2) is 94.2 Å². The molecule has 1 saturated heterocycles. The summed E-state index contributed by atoms with van der Waals surface area (Å²) < 4.78 is 67.1. The fourth-order valence-corrected chi connectivity index (χ4v) is 5.71. The minimum Gasteiger partial charge on any atom is -0.498 e. The van der Waals surface area contributed by atoms with Crippen LogP contribution in [0, 0.1) is 5.92 Å². The Hall–Kier alpha value is -3.73. The highest BCUT2D eigenvalue weighted by atomic mass is 19.4. The van der Waals surface area contributed by atoms with E-state index in [1.54, 1.807) is 13.2 Å². The summed E-state index contributed by atoms with van der Waals surface area (Å²) in [5.74, 6) is 6.56. The van der Waals surface area contributed by atoms with Crippen LogP contribution < -0.4 is 11.6 Å². The third kappa shape index (κ3) is 13.9. The van der Waals surface area contributed by atoms with Crippen LogP contribution in [0.1, 0.15) is 106 Å². The molecule has 50 heavy (non-hydrogen) atoms. The third-order valence-corrected chi connectivity index (χ3v) is 8.01. The predicted molar refractivity (Wildman–Crippen MR) is 195 cm³/mol. The van der Waals surface area contributed by atoms with Crippen molar-refractivity contribution in [3.63, 3.8) is 0 Å². The van der Waals surface area contributed by atoms with Crippen molar-refractivity contribution in [3.05, 3.63) is 94.2 Å². The first kappa shape index (κ1) is 44.3. The maximum atomic E-state index is 14.8. The van der Waals surface area contributed by atoms with Gasteiger partial charge in [0.2, 0.25) is 0 Å². The van der Waals surface area contributed by atoms with Crippen LogP contribution in [0.25, 0.3) is 0 Å². The smallest absolute Gasteiger partial charge is 0.406 e. The molecule has 11 heteroatoms. The largest absolute Gasteiger partial charge is 0.498 e. The number of allylic oxidation sites excluding steroid dienone is 10. The van der Waals surface area contributed by atoms with Crippen molar-refractivity contribution < 1.29 is 31.8 Å². The first-order chi connectivity index (χ1) is 23.8. The van der Waals surface area contributed by atoms with Crippen LogP contribution >= 0.6 is 0 Å². The van der Waals surface area contributed by atoms with Gasteiger partial charge in [-0.15, -0.1) is 0 Å². The van der Waals surface area contributed by atoms with E-state index in [0.29, 0.717) is 48.5 Å². The Morgan fingerprint density at radius 3 is 2.42 bits per heavy atom. The van der Waals surface area contributed by atoms with Gasteiger partial charge in [0.15, 0.2) is 0 Å². The fourth-order valence-electron chi connectivity index (χ4n) is 5.71. The molecule has 2 aliphatic carbocycles. The summed E-state index contributed by atoms with van der Waals surface area (Å²) in [5.41, 5.74) is 8.40. The van der Waals surface area contributed by atoms with E-state index in [0.717, 1.165) is 16.3 Å². The summed E-state index contributed by atoms with van der Waals surface area (Å²) in [6.07, 6.45) is 14.2. The zero-order chi connectivity index (χ0) is 37.9. The van der Waals surface area contributed by atoms with Crippen LogP contribution in [0.4, 0.5) is 17.6 Å². The minimum absolute atomic E-state index is 0.0147. The average molecular weight is 709 g/mol. The normalized spacial score (nSPS) is 19.8. The molecule has 1 heterocycles. The lowest BCUT2D eigenvalue weighted by molar-refractivity contribution is -0.160. The van der Waals surface area contributed by atoms with Gasteiger partial charge >= 0.3 is 6.18 Å². The van der Waals surface area contributed by atoms with Crippen molar-refractivity contribution in [1.82, 2.24) is 9.91 Å². The highest BCUT2D eigenvalue weighted by Crippen LogP contribution is 2.36. The monoisotopic (exact) mass is 708 g/mol. The molecule has 0 aromatic rings. The summed E-state index contributed by atoms with van der Waals surface area (Å²) in [5, 5.41) is 1.08. The molecule has 1 aliphatic heterocycles. The van der Waals surface area contributed by atoms with Crippen molar-refractivity contribution in [3.8, 4) is 0 Å². The minimum atomic E-state index is -4.69. The number of rotatable bonds is 11. The molecular weight excluding hydrogens is 648 g/mol. The van der Waals surface area contributed by atoms with Crippen LogP contribution in [-0.4, -0.2) is 48.3 Å². The van der Waals surface area contributed by atoms with Crippen molar-refractivity contribution >= 4 is 5.91 Å². The first-order valence-corrected chi connectivity index (χ1v) is 17.9. The number of hydrogen-bond acceptors (Lipinski definition) is 6. The van der Waals surface area contributed by atoms with Crippen LogP contribution in [0.3, 0.4) is 0 Å². The van der Waals surface area contributed by atoms with Gasteiger partial charge in [-0.2, -0.15) is 13.2 Å². The molecule has 3 aliphatic rings. The van der Waals surface area contributed by atoms with E-state index in [2.05, 4.69) is 32.9 Å². The van der Waals surface area contributed by atoms with Crippen molar-refractivity contribution in [2.75, 3.05) is 20.3 Å². The number of ether oxygens (including phenoxy) is 2. The average Bonchev–Trinajstić information content (AvgIpc) is 3.27.